The molecule has 0 heterocycles. The zero-order chi connectivity index (χ0) is 6.62. The number of aliphatic hydroxyl groups is 3. The SMILES string of the molecule is [O]C(O)(O)CCCO. The summed E-state index contributed by atoms with van der Waals surface area (Å²) < 4.78 is 0. The molecule has 0 saturated heterocycles. The molecule has 0 bridgehead atoms. The first-order valence-corrected chi connectivity index (χ1v) is 2.32. The Morgan fingerprint density at radius 3 is 2.00 bits per heavy atom. The molecule has 0 unspecified atom stereocenters. The van der Waals surface area contributed by atoms with Crippen molar-refractivity contribution in [3.63, 3.8) is 0 Å². The quantitative estimate of drug-likeness (QED) is 0.411. The van der Waals surface area contributed by atoms with Crippen molar-refractivity contribution in [1.82, 2.24) is 0 Å². The number of aliphatic hydroxyl groups excluding tert-OH is 1. The monoisotopic (exact) mass is 121 g/mol. The fourth-order valence-electron chi connectivity index (χ4n) is 0.309. The van der Waals surface area contributed by atoms with Gasteiger partial charge in [-0.25, -0.2) is 0 Å². The smallest absolute Gasteiger partial charge is 0.307 e. The second-order valence-electron chi connectivity index (χ2n) is 1.57. The van der Waals surface area contributed by atoms with Gasteiger partial charge >= 0.3 is 5.97 Å². The summed E-state index contributed by atoms with van der Waals surface area (Å²) in [6, 6.07) is 0. The van der Waals surface area contributed by atoms with E-state index < -0.39 is 5.97 Å². The third-order valence-corrected chi connectivity index (χ3v) is 0.661. The number of hydrogen-bond acceptors (Lipinski definition) is 3. The molecule has 0 aliphatic carbocycles. The van der Waals surface area contributed by atoms with Gasteiger partial charge in [0.2, 0.25) is 0 Å². The highest BCUT2D eigenvalue weighted by molar-refractivity contribution is 4.44. The van der Waals surface area contributed by atoms with Gasteiger partial charge in [-0.3, -0.25) is 0 Å². The molecule has 0 spiro atoms. The van der Waals surface area contributed by atoms with Crippen molar-refractivity contribution in [3.8, 4) is 0 Å². The zero-order valence-electron chi connectivity index (χ0n) is 4.37. The lowest BCUT2D eigenvalue weighted by Crippen LogP contribution is -2.25. The van der Waals surface area contributed by atoms with E-state index in [2.05, 4.69) is 0 Å². The molecular formula is C4H9O4. The van der Waals surface area contributed by atoms with Crippen LogP contribution in [0, 0.1) is 0 Å². The minimum Gasteiger partial charge on any atom is -0.396 e. The van der Waals surface area contributed by atoms with E-state index in [-0.39, 0.29) is 19.4 Å². The van der Waals surface area contributed by atoms with E-state index in [4.69, 9.17) is 15.3 Å². The maximum atomic E-state index is 9.86. The summed E-state index contributed by atoms with van der Waals surface area (Å²) in [5, 5.41) is 34.0. The first-order chi connectivity index (χ1) is 3.56. The van der Waals surface area contributed by atoms with Crippen molar-refractivity contribution >= 4 is 0 Å². The molecule has 4 nitrogen and oxygen atoms in total. The molecule has 0 aromatic rings. The van der Waals surface area contributed by atoms with Crippen LogP contribution in [0.3, 0.4) is 0 Å². The summed E-state index contributed by atoms with van der Waals surface area (Å²) in [7, 11) is 0. The van der Waals surface area contributed by atoms with E-state index in [0.717, 1.165) is 0 Å². The first kappa shape index (κ1) is 7.84. The predicted octanol–water partition coefficient (Wildman–Crippen LogP) is -1.17. The van der Waals surface area contributed by atoms with E-state index in [1.165, 1.54) is 0 Å². The average molecular weight is 121 g/mol. The third kappa shape index (κ3) is 5.84. The van der Waals surface area contributed by atoms with Crippen molar-refractivity contribution in [1.29, 1.82) is 0 Å². The van der Waals surface area contributed by atoms with E-state index in [0.29, 0.717) is 0 Å². The lowest BCUT2D eigenvalue weighted by molar-refractivity contribution is -0.348. The summed E-state index contributed by atoms with van der Waals surface area (Å²) in [5.41, 5.74) is 0. The predicted molar refractivity (Wildman–Crippen MR) is 24.2 cm³/mol. The van der Waals surface area contributed by atoms with Crippen LogP contribution < -0.4 is 0 Å². The van der Waals surface area contributed by atoms with Crippen LogP contribution in [-0.4, -0.2) is 27.9 Å². The Bertz CT molecular complexity index is 55.5. The van der Waals surface area contributed by atoms with Crippen LogP contribution in [-0.2, 0) is 5.11 Å². The summed E-state index contributed by atoms with van der Waals surface area (Å²) >= 11 is 0. The highest BCUT2D eigenvalue weighted by Gasteiger charge is 2.18. The molecule has 0 aliphatic heterocycles. The van der Waals surface area contributed by atoms with Crippen LogP contribution in [0.25, 0.3) is 0 Å². The maximum absolute atomic E-state index is 9.86. The number of rotatable bonds is 3. The Balaban J connectivity index is 3.11. The van der Waals surface area contributed by atoms with Crippen molar-refractivity contribution in [2.45, 2.75) is 18.8 Å². The third-order valence-electron chi connectivity index (χ3n) is 0.661. The van der Waals surface area contributed by atoms with Gasteiger partial charge in [-0.2, -0.15) is 5.11 Å². The highest BCUT2D eigenvalue weighted by Crippen LogP contribution is 2.02. The standard InChI is InChI=1S/C4H9O4/c5-3-1-2-4(6,7)8/h5-7H,1-3H2. The van der Waals surface area contributed by atoms with Gasteiger partial charge in [0.25, 0.3) is 0 Å². The molecule has 0 aromatic heterocycles. The first-order valence-electron chi connectivity index (χ1n) is 2.32. The fourth-order valence-corrected chi connectivity index (χ4v) is 0.309. The molecule has 0 amide bonds. The van der Waals surface area contributed by atoms with Gasteiger partial charge < -0.3 is 15.3 Å². The van der Waals surface area contributed by atoms with Crippen LogP contribution in [0.2, 0.25) is 0 Å². The molecule has 1 radical (unpaired) electrons. The normalized spacial score (nSPS) is 12.0. The van der Waals surface area contributed by atoms with Crippen molar-refractivity contribution in [2.24, 2.45) is 0 Å². The van der Waals surface area contributed by atoms with Crippen LogP contribution in [0.15, 0.2) is 0 Å². The Morgan fingerprint density at radius 2 is 1.88 bits per heavy atom. The fraction of sp³-hybridized carbons (Fsp3) is 1.00. The van der Waals surface area contributed by atoms with E-state index >= 15 is 0 Å². The van der Waals surface area contributed by atoms with Gasteiger partial charge in [0.05, 0.1) is 0 Å². The van der Waals surface area contributed by atoms with Crippen LogP contribution in [0.5, 0.6) is 0 Å². The van der Waals surface area contributed by atoms with Crippen LogP contribution >= 0.6 is 0 Å². The summed E-state index contributed by atoms with van der Waals surface area (Å²) in [6.07, 6.45) is -0.208. The van der Waals surface area contributed by atoms with Gasteiger partial charge in [0, 0.05) is 13.0 Å². The minimum absolute atomic E-state index is 0.122. The van der Waals surface area contributed by atoms with E-state index in [1.54, 1.807) is 0 Å². The Hall–Kier alpha value is -0.160. The average Bonchev–Trinajstić information content (AvgIpc) is 1.59. The molecule has 0 fully saturated rings. The van der Waals surface area contributed by atoms with Gasteiger partial charge in [-0.05, 0) is 6.42 Å². The molecule has 0 rings (SSSR count). The van der Waals surface area contributed by atoms with Crippen molar-refractivity contribution in [3.05, 3.63) is 0 Å². The topological polar surface area (TPSA) is 80.6 Å². The summed E-state index contributed by atoms with van der Waals surface area (Å²) in [4.78, 5) is 0. The molecule has 0 aromatic carbocycles. The lowest BCUT2D eigenvalue weighted by atomic mass is 10.3. The van der Waals surface area contributed by atoms with Gasteiger partial charge in [0.1, 0.15) is 0 Å². The summed E-state index contributed by atoms with van der Waals surface area (Å²) in [5.74, 6) is -2.86. The Kier molecular flexibility index (Phi) is 2.93. The minimum atomic E-state index is -2.86. The second kappa shape index (κ2) is 2.99. The Labute approximate surface area is 47.0 Å². The molecule has 0 atom stereocenters. The van der Waals surface area contributed by atoms with Gasteiger partial charge in [-0.1, -0.05) is 0 Å². The van der Waals surface area contributed by atoms with Crippen LogP contribution in [0.1, 0.15) is 12.8 Å². The zero-order valence-corrected chi connectivity index (χ0v) is 4.37. The Morgan fingerprint density at radius 1 is 1.38 bits per heavy atom. The molecule has 0 saturated carbocycles. The van der Waals surface area contributed by atoms with Gasteiger partial charge in [-0.15, -0.1) is 0 Å². The second-order valence-corrected chi connectivity index (χ2v) is 1.57. The van der Waals surface area contributed by atoms with Crippen molar-refractivity contribution in [2.75, 3.05) is 6.61 Å². The molecule has 3 N–H and O–H groups in total. The largest absolute Gasteiger partial charge is 0.396 e. The molecule has 0 aliphatic rings. The molecular weight excluding hydrogens is 112 g/mol. The van der Waals surface area contributed by atoms with Crippen LogP contribution in [0.4, 0.5) is 0 Å². The summed E-state index contributed by atoms with van der Waals surface area (Å²) in [6.45, 7) is -0.189. The molecule has 4 heteroatoms. The lowest BCUT2D eigenvalue weighted by Gasteiger charge is -2.08. The maximum Gasteiger partial charge on any atom is 0.307 e. The van der Waals surface area contributed by atoms with E-state index in [9.17, 15) is 5.11 Å². The number of hydrogen-bond donors (Lipinski definition) is 3. The van der Waals surface area contributed by atoms with E-state index in [1.807, 2.05) is 0 Å². The van der Waals surface area contributed by atoms with Gasteiger partial charge in [0.15, 0.2) is 0 Å². The molecule has 49 valence electrons. The van der Waals surface area contributed by atoms with Crippen molar-refractivity contribution < 1.29 is 20.4 Å². The highest BCUT2D eigenvalue weighted by atomic mass is 16.7. The molecule has 8 heavy (non-hydrogen) atoms.